The van der Waals surface area contributed by atoms with Crippen molar-refractivity contribution in [3.63, 3.8) is 0 Å². The second kappa shape index (κ2) is 13.3. The number of hydrogen-bond acceptors (Lipinski definition) is 5. The minimum atomic E-state index is -0.504. The lowest BCUT2D eigenvalue weighted by molar-refractivity contribution is -0.127. The Labute approximate surface area is 190 Å². The maximum Gasteiger partial charge on any atom is 0.410 e. The summed E-state index contributed by atoms with van der Waals surface area (Å²) in [4.78, 5) is 31.8. The first-order valence-electron chi connectivity index (χ1n) is 9.34. The number of likely N-dealkylation sites (N-methyl/N-ethyl adjacent to an activating group) is 1. The highest BCUT2D eigenvalue weighted by atomic mass is 127. The summed E-state index contributed by atoms with van der Waals surface area (Å²) in [5.74, 6) is 1.49. The number of likely N-dealkylation sites (tertiary alicyclic amines) is 1. The summed E-state index contributed by atoms with van der Waals surface area (Å²) < 4.78 is 5.48. The number of nitrogens with one attached hydrogen (secondary N) is 2. The Bertz CT molecular complexity index is 526. The maximum atomic E-state index is 12.3. The molecule has 1 atom stereocenters. The fourth-order valence-corrected chi connectivity index (χ4v) is 2.80. The second-order valence-electron chi connectivity index (χ2n) is 7.78. The topological polar surface area (TPSA) is 86.3 Å². The molecule has 1 saturated heterocycles. The number of aliphatic imine (C=N–C) groups is 1. The molecule has 8 nitrogen and oxygen atoms in total. The predicted octanol–water partition coefficient (Wildman–Crippen LogP) is 1.99. The van der Waals surface area contributed by atoms with Gasteiger partial charge in [-0.15, -0.1) is 24.0 Å². The van der Waals surface area contributed by atoms with Gasteiger partial charge in [-0.1, -0.05) is 0 Å². The Kier molecular flexibility index (Phi) is 12.9. The van der Waals surface area contributed by atoms with Crippen LogP contribution in [0.3, 0.4) is 0 Å². The molecule has 0 radical (unpaired) electrons. The van der Waals surface area contributed by atoms with Crippen LogP contribution in [-0.2, 0) is 9.53 Å². The van der Waals surface area contributed by atoms with Crippen molar-refractivity contribution in [2.75, 3.05) is 52.3 Å². The third kappa shape index (κ3) is 11.2. The Morgan fingerprint density at radius 2 is 2.00 bits per heavy atom. The van der Waals surface area contributed by atoms with Crippen molar-refractivity contribution in [1.82, 2.24) is 20.4 Å². The Hall–Kier alpha value is -0.910. The van der Waals surface area contributed by atoms with Gasteiger partial charge < -0.3 is 25.2 Å². The van der Waals surface area contributed by atoms with E-state index < -0.39 is 5.60 Å². The van der Waals surface area contributed by atoms with E-state index in [0.717, 1.165) is 25.1 Å². The zero-order valence-electron chi connectivity index (χ0n) is 17.9. The van der Waals surface area contributed by atoms with E-state index in [1.54, 1.807) is 30.8 Å². The highest BCUT2D eigenvalue weighted by Gasteiger charge is 2.28. The summed E-state index contributed by atoms with van der Waals surface area (Å²) in [7, 11) is 3.43. The van der Waals surface area contributed by atoms with Crippen LogP contribution in [0.5, 0.6) is 0 Å². The van der Waals surface area contributed by atoms with Gasteiger partial charge in [0, 0.05) is 45.5 Å². The second-order valence-corrected chi connectivity index (χ2v) is 8.77. The molecule has 0 aliphatic carbocycles. The number of piperidine rings is 1. The van der Waals surface area contributed by atoms with Crippen LogP contribution < -0.4 is 10.6 Å². The zero-order valence-corrected chi connectivity index (χ0v) is 21.1. The van der Waals surface area contributed by atoms with Crippen LogP contribution in [-0.4, -0.2) is 91.7 Å². The number of ether oxygens (including phenoxy) is 1. The molecule has 0 aromatic rings. The average molecular weight is 529 g/mol. The standard InChI is InChI=1S/C18H35N5O3S.HI/c1-18(2,3)26-17(25)23-10-7-8-14(13-23)21-16(19-9-11-27-6)20-12-15(24)22(4)5;/h14H,7-13H2,1-6H3,(H2,19,20,21);1H. The van der Waals surface area contributed by atoms with Crippen LogP contribution in [0.2, 0.25) is 0 Å². The molecule has 2 amide bonds. The number of carbonyl (C=O) groups excluding carboxylic acids is 2. The van der Waals surface area contributed by atoms with E-state index in [1.807, 2.05) is 27.0 Å². The number of hydrogen-bond donors (Lipinski definition) is 2. The molecule has 0 saturated carbocycles. The van der Waals surface area contributed by atoms with Crippen LogP contribution in [0.4, 0.5) is 4.79 Å². The van der Waals surface area contributed by atoms with Gasteiger partial charge in [-0.25, -0.2) is 9.79 Å². The molecule has 1 rings (SSSR count). The van der Waals surface area contributed by atoms with Crippen molar-refractivity contribution in [1.29, 1.82) is 0 Å². The monoisotopic (exact) mass is 529 g/mol. The van der Waals surface area contributed by atoms with Gasteiger partial charge in [-0.05, 0) is 39.9 Å². The van der Waals surface area contributed by atoms with Gasteiger partial charge >= 0.3 is 6.09 Å². The number of rotatable bonds is 6. The predicted molar refractivity (Wildman–Crippen MR) is 127 cm³/mol. The normalized spacial score (nSPS) is 17.4. The summed E-state index contributed by atoms with van der Waals surface area (Å²) in [6.45, 7) is 7.69. The van der Waals surface area contributed by atoms with E-state index in [0.29, 0.717) is 19.0 Å². The molecule has 1 fully saturated rings. The maximum absolute atomic E-state index is 12.3. The van der Waals surface area contributed by atoms with Gasteiger partial charge in [0.25, 0.3) is 0 Å². The van der Waals surface area contributed by atoms with Crippen molar-refractivity contribution < 1.29 is 14.3 Å². The van der Waals surface area contributed by atoms with Gasteiger partial charge in [-0.2, -0.15) is 11.8 Å². The summed E-state index contributed by atoms with van der Waals surface area (Å²) in [6.07, 6.45) is 3.59. The van der Waals surface area contributed by atoms with E-state index >= 15 is 0 Å². The largest absolute Gasteiger partial charge is 0.444 e. The van der Waals surface area contributed by atoms with Crippen LogP contribution in [0.15, 0.2) is 4.99 Å². The molecule has 1 heterocycles. The number of carbonyl (C=O) groups is 2. The number of thioether (sulfide) groups is 1. The van der Waals surface area contributed by atoms with E-state index in [4.69, 9.17) is 4.74 Å². The van der Waals surface area contributed by atoms with Gasteiger partial charge in [0.2, 0.25) is 5.91 Å². The molecule has 0 aromatic heterocycles. The molecule has 1 aliphatic heterocycles. The van der Waals surface area contributed by atoms with Crippen LogP contribution >= 0.6 is 35.7 Å². The van der Waals surface area contributed by atoms with E-state index in [1.165, 1.54) is 4.90 Å². The lowest BCUT2D eigenvalue weighted by atomic mass is 10.1. The quantitative estimate of drug-likeness (QED) is 0.237. The van der Waals surface area contributed by atoms with Crippen molar-refractivity contribution in [2.24, 2.45) is 4.99 Å². The Balaban J connectivity index is 0.00000729. The fourth-order valence-electron chi connectivity index (χ4n) is 2.49. The molecule has 1 unspecified atom stereocenters. The SMILES string of the molecule is CSCCNC(=NCC(=O)N(C)C)NC1CCCN(C(=O)OC(C)(C)C)C1.I. The van der Waals surface area contributed by atoms with Crippen LogP contribution in [0.25, 0.3) is 0 Å². The molecule has 28 heavy (non-hydrogen) atoms. The Morgan fingerprint density at radius 3 is 2.57 bits per heavy atom. The number of halogens is 1. The molecular formula is C18H36IN5O3S. The Morgan fingerprint density at radius 1 is 1.32 bits per heavy atom. The van der Waals surface area contributed by atoms with Crippen molar-refractivity contribution >= 4 is 53.7 Å². The minimum Gasteiger partial charge on any atom is -0.444 e. The molecule has 0 bridgehead atoms. The van der Waals surface area contributed by atoms with Crippen molar-refractivity contribution in [2.45, 2.75) is 45.3 Å². The number of guanidine groups is 1. The first kappa shape index (κ1) is 27.1. The molecule has 2 N–H and O–H groups in total. The fraction of sp³-hybridized carbons (Fsp3) is 0.833. The molecular weight excluding hydrogens is 493 g/mol. The summed E-state index contributed by atoms with van der Waals surface area (Å²) in [5, 5.41) is 6.62. The van der Waals surface area contributed by atoms with E-state index in [2.05, 4.69) is 15.6 Å². The van der Waals surface area contributed by atoms with Crippen LogP contribution in [0, 0.1) is 0 Å². The minimum absolute atomic E-state index is 0. The number of nitrogens with zero attached hydrogens (tertiary/aromatic N) is 3. The summed E-state index contributed by atoms with van der Waals surface area (Å²) in [5.41, 5.74) is -0.504. The van der Waals surface area contributed by atoms with Crippen LogP contribution in [0.1, 0.15) is 33.6 Å². The molecule has 1 aliphatic rings. The molecule has 164 valence electrons. The summed E-state index contributed by atoms with van der Waals surface area (Å²) >= 11 is 1.74. The van der Waals surface area contributed by atoms with E-state index in [9.17, 15) is 9.59 Å². The first-order chi connectivity index (χ1) is 12.6. The average Bonchev–Trinajstić information content (AvgIpc) is 2.58. The number of amides is 2. The third-order valence-corrected chi connectivity index (χ3v) is 4.50. The summed E-state index contributed by atoms with van der Waals surface area (Å²) in [6, 6.07) is 0.0706. The highest BCUT2D eigenvalue weighted by molar-refractivity contribution is 14.0. The first-order valence-corrected chi connectivity index (χ1v) is 10.7. The lowest BCUT2D eigenvalue weighted by Crippen LogP contribution is -2.53. The van der Waals surface area contributed by atoms with E-state index in [-0.39, 0.29) is 48.6 Å². The molecule has 0 spiro atoms. The lowest BCUT2D eigenvalue weighted by Gasteiger charge is -2.35. The smallest absolute Gasteiger partial charge is 0.410 e. The van der Waals surface area contributed by atoms with Gasteiger partial charge in [0.1, 0.15) is 12.1 Å². The van der Waals surface area contributed by atoms with Crippen molar-refractivity contribution in [3.05, 3.63) is 0 Å². The van der Waals surface area contributed by atoms with Crippen molar-refractivity contribution in [3.8, 4) is 0 Å². The molecule has 0 aromatic carbocycles. The van der Waals surface area contributed by atoms with Gasteiger partial charge in [0.05, 0.1) is 0 Å². The van der Waals surface area contributed by atoms with Gasteiger partial charge in [0.15, 0.2) is 5.96 Å². The van der Waals surface area contributed by atoms with Gasteiger partial charge in [-0.3, -0.25) is 4.79 Å². The third-order valence-electron chi connectivity index (χ3n) is 3.88. The zero-order chi connectivity index (χ0) is 20.4. The molecule has 10 heteroatoms. The highest BCUT2D eigenvalue weighted by Crippen LogP contribution is 2.15.